The van der Waals surface area contributed by atoms with E-state index in [1.807, 2.05) is 6.08 Å². The average Bonchev–Trinajstić information content (AvgIpc) is 3.48. The van der Waals surface area contributed by atoms with Gasteiger partial charge in [-0.1, -0.05) is 378 Å². The molecule has 0 bridgehead atoms. The molecule has 0 aliphatic carbocycles. The maximum atomic E-state index is 12.5. The molecular formula is C76H147NO5. The second-order valence-corrected chi connectivity index (χ2v) is 26.0. The van der Waals surface area contributed by atoms with E-state index >= 15 is 0 Å². The second kappa shape index (κ2) is 71.8. The van der Waals surface area contributed by atoms with Crippen LogP contribution in [0.25, 0.3) is 0 Å². The number of carbonyl (C=O) groups excluding carboxylic acids is 2. The lowest BCUT2D eigenvalue weighted by Gasteiger charge is -2.20. The minimum atomic E-state index is -0.841. The molecule has 0 saturated heterocycles. The van der Waals surface area contributed by atoms with Crippen molar-refractivity contribution in [3.8, 4) is 0 Å². The lowest BCUT2D eigenvalue weighted by atomic mass is 10.0. The highest BCUT2D eigenvalue weighted by Crippen LogP contribution is 2.19. The number of hydrogen-bond donors (Lipinski definition) is 3. The molecule has 1 amide bonds. The van der Waals surface area contributed by atoms with Crippen molar-refractivity contribution in [2.45, 2.75) is 437 Å². The first-order chi connectivity index (χ1) is 40.5. The monoisotopic (exact) mass is 1150 g/mol. The van der Waals surface area contributed by atoms with Crippen molar-refractivity contribution in [2.24, 2.45) is 0 Å². The average molecular weight is 1160 g/mol. The molecule has 0 aliphatic rings. The summed E-state index contributed by atoms with van der Waals surface area (Å²) in [6.45, 7) is 4.93. The Hall–Kier alpha value is -1.66. The number of carbonyl (C=O) groups is 2. The van der Waals surface area contributed by atoms with Crippen LogP contribution in [0.1, 0.15) is 425 Å². The van der Waals surface area contributed by atoms with Gasteiger partial charge in [-0.25, -0.2) is 0 Å². The number of unbranched alkanes of at least 4 members (excludes halogenated alkanes) is 58. The van der Waals surface area contributed by atoms with Gasteiger partial charge >= 0.3 is 5.97 Å². The summed E-state index contributed by atoms with van der Waals surface area (Å²) < 4.78 is 5.49. The predicted octanol–water partition coefficient (Wildman–Crippen LogP) is 24.5. The van der Waals surface area contributed by atoms with Gasteiger partial charge in [0.25, 0.3) is 0 Å². The molecule has 0 saturated carbocycles. The standard InChI is InChI=1S/C76H147NO5/c1-3-5-7-9-11-13-15-17-18-19-35-38-41-45-48-52-56-60-64-68-74(79)73(72-78)77-75(80)69-65-61-57-53-49-46-42-39-36-33-31-29-27-25-23-21-20-22-24-26-28-30-32-34-37-40-43-47-51-55-59-63-67-71-82-76(81)70-66-62-58-54-50-44-16-14-12-10-8-6-4-2/h14,16,64,68,73-74,78-79H,3-13,15,17-63,65-67,69-72H2,1-2H3,(H,77,80)/b16-14-,68-64+. The lowest BCUT2D eigenvalue weighted by molar-refractivity contribution is -0.143. The first-order valence-electron chi connectivity index (χ1n) is 37.6. The van der Waals surface area contributed by atoms with Crippen LogP contribution in [0.4, 0.5) is 0 Å². The fourth-order valence-corrected chi connectivity index (χ4v) is 12.0. The Morgan fingerprint density at radius 2 is 0.573 bits per heavy atom. The summed E-state index contributed by atoms with van der Waals surface area (Å²) >= 11 is 0. The first-order valence-corrected chi connectivity index (χ1v) is 37.6. The highest BCUT2D eigenvalue weighted by molar-refractivity contribution is 5.76. The van der Waals surface area contributed by atoms with E-state index in [1.54, 1.807) is 6.08 Å². The van der Waals surface area contributed by atoms with Crippen molar-refractivity contribution < 1.29 is 24.5 Å². The fourth-order valence-electron chi connectivity index (χ4n) is 12.0. The summed E-state index contributed by atoms with van der Waals surface area (Å²) in [5, 5.41) is 23.2. The largest absolute Gasteiger partial charge is 0.466 e. The van der Waals surface area contributed by atoms with E-state index in [1.165, 1.54) is 353 Å². The third kappa shape index (κ3) is 67.5. The maximum Gasteiger partial charge on any atom is 0.305 e. The van der Waals surface area contributed by atoms with Gasteiger partial charge in [-0.2, -0.15) is 0 Å². The Morgan fingerprint density at radius 1 is 0.329 bits per heavy atom. The number of hydrogen-bond acceptors (Lipinski definition) is 5. The molecule has 0 aromatic carbocycles. The minimum absolute atomic E-state index is 0.0128. The van der Waals surface area contributed by atoms with Crippen molar-refractivity contribution >= 4 is 11.9 Å². The van der Waals surface area contributed by atoms with Crippen molar-refractivity contribution in [3.05, 3.63) is 24.3 Å². The third-order valence-corrected chi connectivity index (χ3v) is 17.7. The summed E-state index contributed by atoms with van der Waals surface area (Å²) in [7, 11) is 0. The number of rotatable bonds is 71. The zero-order valence-corrected chi connectivity index (χ0v) is 55.8. The van der Waals surface area contributed by atoms with Crippen LogP contribution in [0.15, 0.2) is 24.3 Å². The third-order valence-electron chi connectivity index (χ3n) is 17.7. The van der Waals surface area contributed by atoms with Gasteiger partial charge in [0.15, 0.2) is 0 Å². The van der Waals surface area contributed by atoms with Crippen LogP contribution in [-0.4, -0.2) is 47.4 Å². The molecule has 6 heteroatoms. The van der Waals surface area contributed by atoms with Gasteiger partial charge in [-0.3, -0.25) is 9.59 Å². The van der Waals surface area contributed by atoms with Gasteiger partial charge in [-0.05, 0) is 57.8 Å². The summed E-state index contributed by atoms with van der Waals surface area (Å²) in [5.41, 5.74) is 0. The molecule has 0 aromatic rings. The zero-order chi connectivity index (χ0) is 59.2. The molecule has 0 fully saturated rings. The van der Waals surface area contributed by atoms with Crippen molar-refractivity contribution in [1.29, 1.82) is 0 Å². The summed E-state index contributed by atoms with van der Waals surface area (Å²) in [5.74, 6) is -0.0462. The molecule has 82 heavy (non-hydrogen) atoms. The molecule has 6 nitrogen and oxygen atoms in total. The fraction of sp³-hybridized carbons (Fsp3) is 0.921. The molecule has 0 spiro atoms. The lowest BCUT2D eigenvalue weighted by Crippen LogP contribution is -2.45. The second-order valence-electron chi connectivity index (χ2n) is 26.0. The maximum absolute atomic E-state index is 12.5. The normalized spacial score (nSPS) is 12.6. The molecule has 0 heterocycles. The number of ether oxygens (including phenoxy) is 1. The molecule has 2 atom stereocenters. The molecular weight excluding hydrogens is 1010 g/mol. The van der Waals surface area contributed by atoms with E-state index < -0.39 is 12.1 Å². The SMILES string of the molecule is CCCCCC/C=C\CCCCCCCC(=O)OCCCCCCCCCCCCCCCCCCCCCCCCCCCCCCCCCCCC(=O)NC(CO)C(O)/C=C/CCCCCCCCCCCCCCCCCCC. The van der Waals surface area contributed by atoms with Crippen LogP contribution in [0.5, 0.6) is 0 Å². The topological polar surface area (TPSA) is 95.9 Å². The molecule has 0 aliphatic heterocycles. The van der Waals surface area contributed by atoms with E-state index in [-0.39, 0.29) is 18.5 Å². The van der Waals surface area contributed by atoms with Crippen LogP contribution in [0.3, 0.4) is 0 Å². The highest BCUT2D eigenvalue weighted by Gasteiger charge is 2.18. The Labute approximate surface area is 513 Å². The van der Waals surface area contributed by atoms with Gasteiger partial charge in [0.1, 0.15) is 0 Å². The Kier molecular flexibility index (Phi) is 70.4. The summed E-state index contributed by atoms with van der Waals surface area (Å²) in [4.78, 5) is 24.6. The van der Waals surface area contributed by atoms with Crippen LogP contribution in [0.2, 0.25) is 0 Å². The molecule has 3 N–H and O–H groups in total. The van der Waals surface area contributed by atoms with Crippen LogP contribution in [0, 0.1) is 0 Å². The number of esters is 1. The Morgan fingerprint density at radius 3 is 0.878 bits per heavy atom. The smallest absolute Gasteiger partial charge is 0.305 e. The number of amides is 1. The van der Waals surface area contributed by atoms with Crippen LogP contribution in [-0.2, 0) is 14.3 Å². The van der Waals surface area contributed by atoms with Gasteiger partial charge in [0.2, 0.25) is 5.91 Å². The molecule has 0 radical (unpaired) electrons. The van der Waals surface area contributed by atoms with Gasteiger partial charge in [0, 0.05) is 12.8 Å². The number of nitrogens with one attached hydrogen (secondary N) is 1. The van der Waals surface area contributed by atoms with Crippen LogP contribution < -0.4 is 5.32 Å². The minimum Gasteiger partial charge on any atom is -0.466 e. The Balaban J connectivity index is 3.34. The first kappa shape index (κ1) is 80.3. The predicted molar refractivity (Wildman–Crippen MR) is 361 cm³/mol. The zero-order valence-electron chi connectivity index (χ0n) is 55.8. The quantitative estimate of drug-likeness (QED) is 0.0320. The molecule has 486 valence electrons. The summed E-state index contributed by atoms with van der Waals surface area (Å²) in [6, 6.07) is -0.624. The number of aliphatic hydroxyl groups is 2. The van der Waals surface area contributed by atoms with Gasteiger partial charge < -0.3 is 20.3 Å². The number of allylic oxidation sites excluding steroid dienone is 3. The highest BCUT2D eigenvalue weighted by atomic mass is 16.5. The van der Waals surface area contributed by atoms with E-state index in [0.717, 1.165) is 44.9 Å². The molecule has 0 rings (SSSR count). The van der Waals surface area contributed by atoms with E-state index in [0.29, 0.717) is 19.4 Å². The summed E-state index contributed by atoms with van der Waals surface area (Å²) in [6.07, 6.45) is 91.4. The van der Waals surface area contributed by atoms with E-state index in [2.05, 4.69) is 31.3 Å². The van der Waals surface area contributed by atoms with E-state index in [4.69, 9.17) is 4.74 Å². The van der Waals surface area contributed by atoms with Gasteiger partial charge in [0.05, 0.1) is 25.4 Å². The number of aliphatic hydroxyl groups excluding tert-OH is 2. The van der Waals surface area contributed by atoms with Crippen molar-refractivity contribution in [3.63, 3.8) is 0 Å². The molecule has 2 unspecified atom stereocenters. The Bertz CT molecular complexity index is 1280. The van der Waals surface area contributed by atoms with Gasteiger partial charge in [-0.15, -0.1) is 0 Å². The van der Waals surface area contributed by atoms with Crippen molar-refractivity contribution in [1.82, 2.24) is 5.32 Å². The van der Waals surface area contributed by atoms with E-state index in [9.17, 15) is 19.8 Å². The van der Waals surface area contributed by atoms with Crippen molar-refractivity contribution in [2.75, 3.05) is 13.2 Å². The van der Waals surface area contributed by atoms with Crippen LogP contribution >= 0.6 is 0 Å². The molecule has 0 aromatic heterocycles.